The number of nitrogens with zero attached hydrogens (tertiary/aromatic N) is 2. The average molecular weight is 269 g/mol. The molecule has 1 atom stereocenters. The topological polar surface area (TPSA) is 72.9 Å². The largest absolute Gasteiger partial charge is 0.481 e. The fourth-order valence-corrected chi connectivity index (χ4v) is 2.54. The Morgan fingerprint density at radius 3 is 2.37 bits per heavy atom. The number of hydrogen-bond acceptors (Lipinski definition) is 3. The number of hydrogen-bond donors (Lipinski definition) is 2. The van der Waals surface area contributed by atoms with E-state index in [-0.39, 0.29) is 18.5 Å². The molecule has 0 bridgehead atoms. The first kappa shape index (κ1) is 14.1. The van der Waals surface area contributed by atoms with Gasteiger partial charge in [0.25, 0.3) is 0 Å². The number of piperazine rings is 1. The molecule has 108 valence electrons. The Labute approximate surface area is 113 Å². The van der Waals surface area contributed by atoms with Crippen LogP contribution in [0.4, 0.5) is 4.79 Å². The number of amides is 2. The summed E-state index contributed by atoms with van der Waals surface area (Å²) in [5, 5.41) is 11.8. The predicted octanol–water partition coefficient (Wildman–Crippen LogP) is 0.587. The lowest BCUT2D eigenvalue weighted by Crippen LogP contribution is -2.53. The van der Waals surface area contributed by atoms with Crippen LogP contribution in [0, 0.1) is 5.92 Å². The van der Waals surface area contributed by atoms with Crippen molar-refractivity contribution in [1.29, 1.82) is 0 Å². The fraction of sp³-hybridized carbons (Fsp3) is 0.846. The summed E-state index contributed by atoms with van der Waals surface area (Å²) in [5.74, 6) is -0.481. The molecule has 1 aliphatic heterocycles. The molecule has 0 aromatic heterocycles. The molecule has 0 aromatic rings. The lowest BCUT2D eigenvalue weighted by molar-refractivity contribution is -0.137. The van der Waals surface area contributed by atoms with E-state index in [0.717, 1.165) is 45.6 Å². The number of carboxylic acids is 1. The molecule has 2 aliphatic rings. The van der Waals surface area contributed by atoms with Crippen LogP contribution in [0.3, 0.4) is 0 Å². The van der Waals surface area contributed by atoms with E-state index in [9.17, 15) is 9.59 Å². The minimum absolute atomic E-state index is 0.0331. The van der Waals surface area contributed by atoms with Crippen molar-refractivity contribution in [2.45, 2.75) is 32.2 Å². The maximum atomic E-state index is 12.1. The lowest BCUT2D eigenvalue weighted by Gasteiger charge is -2.34. The number of aliphatic carboxylic acids is 1. The number of carboxylic acid groups (broad SMARTS) is 1. The van der Waals surface area contributed by atoms with Crippen molar-refractivity contribution in [3.8, 4) is 0 Å². The highest BCUT2D eigenvalue weighted by Crippen LogP contribution is 2.34. The number of urea groups is 1. The van der Waals surface area contributed by atoms with E-state index in [4.69, 9.17) is 5.11 Å². The van der Waals surface area contributed by atoms with Crippen molar-refractivity contribution >= 4 is 12.0 Å². The molecule has 19 heavy (non-hydrogen) atoms. The smallest absolute Gasteiger partial charge is 0.317 e. The molecule has 2 amide bonds. The second kappa shape index (κ2) is 6.23. The van der Waals surface area contributed by atoms with Gasteiger partial charge in [0.05, 0.1) is 6.42 Å². The van der Waals surface area contributed by atoms with Crippen LogP contribution < -0.4 is 5.32 Å². The number of carbonyl (C=O) groups excluding carboxylic acids is 1. The van der Waals surface area contributed by atoms with Crippen molar-refractivity contribution in [2.75, 3.05) is 32.7 Å². The van der Waals surface area contributed by atoms with E-state index < -0.39 is 5.97 Å². The van der Waals surface area contributed by atoms with Gasteiger partial charge in [0, 0.05) is 32.2 Å². The zero-order valence-corrected chi connectivity index (χ0v) is 11.5. The molecule has 2 fully saturated rings. The highest BCUT2D eigenvalue weighted by Gasteiger charge is 2.34. The number of likely N-dealkylation sites (N-methyl/N-ethyl adjacent to an activating group) is 1. The Kier molecular flexibility index (Phi) is 4.63. The molecule has 0 spiro atoms. The second-order valence-electron chi connectivity index (χ2n) is 5.41. The monoisotopic (exact) mass is 269 g/mol. The van der Waals surface area contributed by atoms with Crippen LogP contribution >= 0.6 is 0 Å². The van der Waals surface area contributed by atoms with Gasteiger partial charge in [0.2, 0.25) is 0 Å². The van der Waals surface area contributed by atoms with Crippen LogP contribution in [0.1, 0.15) is 26.2 Å². The molecule has 1 saturated heterocycles. The summed E-state index contributed by atoms with van der Waals surface area (Å²) in [6.45, 7) is 6.38. The average Bonchev–Trinajstić information content (AvgIpc) is 3.21. The van der Waals surface area contributed by atoms with E-state index in [2.05, 4.69) is 17.1 Å². The molecule has 2 rings (SSSR count). The standard InChI is InChI=1S/C13H23N3O3/c1-2-15-5-7-16(8-6-15)13(19)14-11(9-12(17)18)10-3-4-10/h10-11H,2-9H2,1H3,(H,14,19)(H,17,18). The molecule has 1 unspecified atom stereocenters. The van der Waals surface area contributed by atoms with Gasteiger partial charge >= 0.3 is 12.0 Å². The Balaban J connectivity index is 1.80. The van der Waals surface area contributed by atoms with Crippen LogP contribution in [0.15, 0.2) is 0 Å². The van der Waals surface area contributed by atoms with E-state index in [0.29, 0.717) is 5.92 Å². The molecular weight excluding hydrogens is 246 g/mol. The first-order valence-electron chi connectivity index (χ1n) is 7.09. The van der Waals surface area contributed by atoms with Crippen molar-refractivity contribution < 1.29 is 14.7 Å². The lowest BCUT2D eigenvalue weighted by atomic mass is 10.1. The van der Waals surface area contributed by atoms with Crippen molar-refractivity contribution in [3.63, 3.8) is 0 Å². The Morgan fingerprint density at radius 1 is 1.26 bits per heavy atom. The van der Waals surface area contributed by atoms with Crippen molar-refractivity contribution in [2.24, 2.45) is 5.92 Å². The third-order valence-electron chi connectivity index (χ3n) is 4.00. The number of rotatable bonds is 5. The number of carbonyl (C=O) groups is 2. The van der Waals surface area contributed by atoms with Crippen LogP contribution in [-0.4, -0.2) is 65.7 Å². The van der Waals surface area contributed by atoms with Crippen molar-refractivity contribution in [1.82, 2.24) is 15.1 Å². The summed E-state index contributed by atoms with van der Waals surface area (Å²) in [5.41, 5.74) is 0. The summed E-state index contributed by atoms with van der Waals surface area (Å²) in [7, 11) is 0. The second-order valence-corrected chi connectivity index (χ2v) is 5.41. The Hall–Kier alpha value is -1.30. The molecule has 1 saturated carbocycles. The van der Waals surface area contributed by atoms with Crippen LogP contribution in [0.25, 0.3) is 0 Å². The van der Waals surface area contributed by atoms with E-state index >= 15 is 0 Å². The first-order valence-corrected chi connectivity index (χ1v) is 7.09. The van der Waals surface area contributed by atoms with Crippen molar-refractivity contribution in [3.05, 3.63) is 0 Å². The molecule has 6 heteroatoms. The van der Waals surface area contributed by atoms with E-state index in [1.807, 2.05) is 0 Å². The Morgan fingerprint density at radius 2 is 1.89 bits per heavy atom. The van der Waals surface area contributed by atoms with Gasteiger partial charge in [-0.2, -0.15) is 0 Å². The minimum Gasteiger partial charge on any atom is -0.481 e. The first-order chi connectivity index (χ1) is 9.10. The van der Waals surface area contributed by atoms with Crippen LogP contribution in [-0.2, 0) is 4.79 Å². The maximum Gasteiger partial charge on any atom is 0.317 e. The molecular formula is C13H23N3O3. The third kappa shape index (κ3) is 4.09. The molecule has 6 nitrogen and oxygen atoms in total. The van der Waals surface area contributed by atoms with E-state index in [1.54, 1.807) is 4.90 Å². The highest BCUT2D eigenvalue weighted by atomic mass is 16.4. The van der Waals surface area contributed by atoms with Gasteiger partial charge in [-0.05, 0) is 25.3 Å². The van der Waals surface area contributed by atoms with Gasteiger partial charge in [-0.1, -0.05) is 6.92 Å². The number of nitrogens with one attached hydrogen (secondary N) is 1. The summed E-state index contributed by atoms with van der Waals surface area (Å²) < 4.78 is 0. The maximum absolute atomic E-state index is 12.1. The zero-order valence-electron chi connectivity index (χ0n) is 11.5. The van der Waals surface area contributed by atoms with Gasteiger partial charge in [0.1, 0.15) is 0 Å². The SMILES string of the molecule is CCN1CCN(C(=O)NC(CC(=O)O)C2CC2)CC1. The molecule has 0 aromatic carbocycles. The molecule has 2 N–H and O–H groups in total. The molecule has 0 radical (unpaired) electrons. The summed E-state index contributed by atoms with van der Waals surface area (Å²) in [6, 6.07) is -0.303. The summed E-state index contributed by atoms with van der Waals surface area (Å²) in [6.07, 6.45) is 2.09. The van der Waals surface area contributed by atoms with Gasteiger partial charge < -0.3 is 20.2 Å². The van der Waals surface area contributed by atoms with Gasteiger partial charge in [-0.15, -0.1) is 0 Å². The highest BCUT2D eigenvalue weighted by molar-refractivity contribution is 5.76. The van der Waals surface area contributed by atoms with Gasteiger partial charge in [-0.25, -0.2) is 4.79 Å². The minimum atomic E-state index is -0.840. The van der Waals surface area contributed by atoms with Gasteiger partial charge in [-0.3, -0.25) is 4.79 Å². The quantitative estimate of drug-likeness (QED) is 0.766. The summed E-state index contributed by atoms with van der Waals surface area (Å²) in [4.78, 5) is 27.0. The van der Waals surface area contributed by atoms with Gasteiger partial charge in [0.15, 0.2) is 0 Å². The van der Waals surface area contributed by atoms with Crippen LogP contribution in [0.2, 0.25) is 0 Å². The normalized spacial score (nSPS) is 22.1. The zero-order chi connectivity index (χ0) is 13.8. The molecule has 1 heterocycles. The third-order valence-corrected chi connectivity index (χ3v) is 4.00. The fourth-order valence-electron chi connectivity index (χ4n) is 2.54. The van der Waals surface area contributed by atoms with Crippen LogP contribution in [0.5, 0.6) is 0 Å². The predicted molar refractivity (Wildman–Crippen MR) is 71.0 cm³/mol. The van der Waals surface area contributed by atoms with E-state index in [1.165, 1.54) is 0 Å². The summed E-state index contributed by atoms with van der Waals surface area (Å²) >= 11 is 0. The molecule has 1 aliphatic carbocycles. The Bertz CT molecular complexity index is 336.